The van der Waals surface area contributed by atoms with Gasteiger partial charge >= 0.3 is 5.97 Å². The van der Waals surface area contributed by atoms with Crippen LogP contribution in [0.5, 0.6) is 0 Å². The molecule has 0 fully saturated rings. The normalized spacial score (nSPS) is 9.80. The second-order valence-corrected chi connectivity index (χ2v) is 3.31. The Morgan fingerprint density at radius 3 is 2.60 bits per heavy atom. The van der Waals surface area contributed by atoms with Crippen molar-refractivity contribution in [3.63, 3.8) is 0 Å². The maximum absolute atomic E-state index is 11.2. The molecule has 0 aromatic heterocycles. The summed E-state index contributed by atoms with van der Waals surface area (Å²) in [4.78, 5) is 14.9. The molecule has 0 spiro atoms. The molecule has 0 aliphatic rings. The van der Waals surface area contributed by atoms with Gasteiger partial charge in [0.1, 0.15) is 0 Å². The highest BCUT2D eigenvalue weighted by atomic mass is 17.1. The van der Waals surface area contributed by atoms with Gasteiger partial charge in [0.15, 0.2) is 0 Å². The molecule has 0 aliphatic heterocycles. The fourth-order valence-electron chi connectivity index (χ4n) is 1.48. The van der Waals surface area contributed by atoms with E-state index in [4.69, 9.17) is 5.26 Å². The molecule has 1 N–H and O–H groups in total. The van der Waals surface area contributed by atoms with Gasteiger partial charge < -0.3 is 0 Å². The molecule has 0 heterocycles. The lowest BCUT2D eigenvalue weighted by Gasteiger charge is -2.10. The summed E-state index contributed by atoms with van der Waals surface area (Å²) >= 11 is 0. The second-order valence-electron chi connectivity index (χ2n) is 3.31. The highest BCUT2D eigenvalue weighted by molar-refractivity contribution is 5.92. The monoisotopic (exact) mass is 206 g/mol. The maximum Gasteiger partial charge on any atom is 0.373 e. The minimum atomic E-state index is -0.738. The van der Waals surface area contributed by atoms with Crippen LogP contribution in [0.4, 0.5) is 0 Å². The Morgan fingerprint density at radius 1 is 1.47 bits per heavy atom. The number of carbonyl (C=O) groups excluding carboxylic acids is 1. The molecule has 0 atom stereocenters. The van der Waals surface area contributed by atoms with Gasteiger partial charge in [-0.1, -0.05) is 25.6 Å². The van der Waals surface area contributed by atoms with E-state index in [9.17, 15) is 4.79 Å². The molecule has 1 aromatic carbocycles. The van der Waals surface area contributed by atoms with Crippen LogP contribution < -0.4 is 0 Å². The first-order chi connectivity index (χ1) is 7.11. The van der Waals surface area contributed by atoms with Gasteiger partial charge in [-0.05, 0) is 36.1 Å². The topological polar surface area (TPSA) is 46.5 Å². The lowest BCUT2D eigenvalue weighted by atomic mass is 9.96. The van der Waals surface area contributed by atoms with E-state index in [1.54, 1.807) is 12.1 Å². The van der Waals surface area contributed by atoms with Crippen LogP contribution in [-0.2, 0) is 4.89 Å². The van der Waals surface area contributed by atoms with Crippen LogP contribution in [0, 0.1) is 6.92 Å². The lowest BCUT2D eigenvalue weighted by Crippen LogP contribution is -2.05. The summed E-state index contributed by atoms with van der Waals surface area (Å²) in [5.41, 5.74) is 3.04. The summed E-state index contributed by atoms with van der Waals surface area (Å²) in [6.45, 7) is 7.72. The van der Waals surface area contributed by atoms with E-state index in [2.05, 4.69) is 11.5 Å². The average molecular weight is 206 g/mol. The van der Waals surface area contributed by atoms with Crippen molar-refractivity contribution in [2.45, 2.75) is 20.3 Å². The summed E-state index contributed by atoms with van der Waals surface area (Å²) in [6, 6.07) is 5.26. The highest BCUT2D eigenvalue weighted by Crippen LogP contribution is 2.23. The van der Waals surface area contributed by atoms with Crippen molar-refractivity contribution in [1.82, 2.24) is 0 Å². The molecule has 3 nitrogen and oxygen atoms in total. The zero-order valence-corrected chi connectivity index (χ0v) is 8.91. The Morgan fingerprint density at radius 2 is 2.07 bits per heavy atom. The zero-order chi connectivity index (χ0) is 11.4. The SMILES string of the molecule is C=C(CC)c1cccc(C(=O)OO)c1C. The maximum atomic E-state index is 11.2. The van der Waals surface area contributed by atoms with Gasteiger partial charge in [0, 0.05) is 0 Å². The van der Waals surface area contributed by atoms with Gasteiger partial charge in [-0.2, -0.15) is 5.26 Å². The van der Waals surface area contributed by atoms with Crippen molar-refractivity contribution in [3.8, 4) is 0 Å². The van der Waals surface area contributed by atoms with Gasteiger partial charge in [0.25, 0.3) is 0 Å². The molecule has 0 saturated heterocycles. The fraction of sp³-hybridized carbons (Fsp3) is 0.250. The molecule has 0 unspecified atom stereocenters. The first kappa shape index (κ1) is 11.5. The number of carbonyl (C=O) groups is 1. The number of rotatable bonds is 3. The summed E-state index contributed by atoms with van der Waals surface area (Å²) < 4.78 is 0. The predicted molar refractivity (Wildman–Crippen MR) is 58.5 cm³/mol. The van der Waals surface area contributed by atoms with E-state index >= 15 is 0 Å². The first-order valence-electron chi connectivity index (χ1n) is 4.75. The summed E-state index contributed by atoms with van der Waals surface area (Å²) in [6.07, 6.45) is 0.818. The number of hydrogen-bond acceptors (Lipinski definition) is 3. The van der Waals surface area contributed by atoms with Gasteiger partial charge in [0.2, 0.25) is 0 Å². The summed E-state index contributed by atoms with van der Waals surface area (Å²) in [7, 11) is 0. The van der Waals surface area contributed by atoms with Crippen molar-refractivity contribution in [2.24, 2.45) is 0 Å². The van der Waals surface area contributed by atoms with Crippen LogP contribution in [0.25, 0.3) is 5.57 Å². The molecule has 3 heteroatoms. The third kappa shape index (κ3) is 2.25. The third-order valence-corrected chi connectivity index (χ3v) is 2.44. The first-order valence-corrected chi connectivity index (χ1v) is 4.75. The molecular weight excluding hydrogens is 192 g/mol. The van der Waals surface area contributed by atoms with Gasteiger partial charge in [-0.25, -0.2) is 4.79 Å². The van der Waals surface area contributed by atoms with Crippen LogP contribution in [0.2, 0.25) is 0 Å². The molecule has 0 bridgehead atoms. The van der Waals surface area contributed by atoms with Crippen LogP contribution >= 0.6 is 0 Å². The molecular formula is C12H14O3. The number of allylic oxidation sites excluding steroid dienone is 1. The van der Waals surface area contributed by atoms with Crippen molar-refractivity contribution in [2.75, 3.05) is 0 Å². The van der Waals surface area contributed by atoms with E-state index in [1.165, 1.54) is 0 Å². The minimum Gasteiger partial charge on any atom is -0.295 e. The van der Waals surface area contributed by atoms with E-state index < -0.39 is 5.97 Å². The van der Waals surface area contributed by atoms with E-state index in [0.717, 1.165) is 23.1 Å². The Bertz CT molecular complexity index is 360. The predicted octanol–water partition coefficient (Wildman–Crippen LogP) is 3.05. The smallest absolute Gasteiger partial charge is 0.295 e. The van der Waals surface area contributed by atoms with Crippen LogP contribution in [0.3, 0.4) is 0 Å². The third-order valence-electron chi connectivity index (χ3n) is 2.44. The van der Waals surface area contributed by atoms with Gasteiger partial charge in [0.05, 0.1) is 5.56 Å². The van der Waals surface area contributed by atoms with Crippen molar-refractivity contribution in [1.29, 1.82) is 0 Å². The average Bonchev–Trinajstić information content (AvgIpc) is 2.27. The standard InChI is InChI=1S/C12H14O3/c1-4-8(2)10-6-5-7-11(9(10)3)12(13)15-14/h5-7,14H,2,4H2,1,3H3. The van der Waals surface area contributed by atoms with Crippen molar-refractivity contribution >= 4 is 11.5 Å². The second kappa shape index (κ2) is 4.75. The Hall–Kier alpha value is -1.61. The van der Waals surface area contributed by atoms with Crippen LogP contribution in [0.15, 0.2) is 24.8 Å². The highest BCUT2D eigenvalue weighted by Gasteiger charge is 2.13. The summed E-state index contributed by atoms with van der Waals surface area (Å²) in [5.74, 6) is -0.738. The van der Waals surface area contributed by atoms with Crippen LogP contribution in [0.1, 0.15) is 34.8 Å². The molecule has 1 rings (SSSR count). The number of benzene rings is 1. The largest absolute Gasteiger partial charge is 0.373 e. The molecule has 1 aromatic rings. The molecule has 0 radical (unpaired) electrons. The quantitative estimate of drug-likeness (QED) is 0.610. The van der Waals surface area contributed by atoms with Crippen molar-refractivity contribution < 1.29 is 14.9 Å². The Balaban J connectivity index is 3.23. The molecule has 0 saturated carbocycles. The van der Waals surface area contributed by atoms with E-state index in [1.807, 2.05) is 19.9 Å². The van der Waals surface area contributed by atoms with E-state index in [-0.39, 0.29) is 0 Å². The fourth-order valence-corrected chi connectivity index (χ4v) is 1.48. The minimum absolute atomic E-state index is 0.365. The van der Waals surface area contributed by atoms with Gasteiger partial charge in [-0.15, -0.1) is 0 Å². The number of hydrogen-bond donors (Lipinski definition) is 1. The molecule has 0 amide bonds. The Labute approximate surface area is 88.9 Å². The molecule has 15 heavy (non-hydrogen) atoms. The molecule has 0 aliphatic carbocycles. The lowest BCUT2D eigenvalue weighted by molar-refractivity contribution is -0.182. The molecule has 80 valence electrons. The summed E-state index contributed by atoms with van der Waals surface area (Å²) in [5, 5.41) is 8.33. The Kier molecular flexibility index (Phi) is 3.63. The zero-order valence-electron chi connectivity index (χ0n) is 8.91. The van der Waals surface area contributed by atoms with Crippen LogP contribution in [-0.4, -0.2) is 11.2 Å². The van der Waals surface area contributed by atoms with Crippen molar-refractivity contribution in [3.05, 3.63) is 41.5 Å². The van der Waals surface area contributed by atoms with Gasteiger partial charge in [-0.3, -0.25) is 4.89 Å². The van der Waals surface area contributed by atoms with E-state index in [0.29, 0.717) is 5.56 Å².